The average molecular weight is 409 g/mol. The van der Waals surface area contributed by atoms with Crippen LogP contribution < -0.4 is 5.32 Å². The quantitative estimate of drug-likeness (QED) is 0.637. The molecule has 1 aromatic carbocycles. The number of nitrogens with zero attached hydrogens (tertiary/aromatic N) is 5. The Balaban J connectivity index is 1.84. The maximum absolute atomic E-state index is 12.3. The molecule has 9 nitrogen and oxygen atoms in total. The second-order valence-electron chi connectivity index (χ2n) is 6.00. The summed E-state index contributed by atoms with van der Waals surface area (Å²) in [5.74, 6) is 0.566. The molecule has 0 aliphatic carbocycles. The minimum atomic E-state index is -3.53. The van der Waals surface area contributed by atoms with Gasteiger partial charge in [-0.1, -0.05) is 11.3 Å². The van der Waals surface area contributed by atoms with Crippen LogP contribution in [0.2, 0.25) is 0 Å². The van der Waals surface area contributed by atoms with E-state index in [0.717, 1.165) is 11.3 Å². The van der Waals surface area contributed by atoms with Gasteiger partial charge in [-0.05, 0) is 25.1 Å². The van der Waals surface area contributed by atoms with Crippen LogP contribution in [-0.4, -0.2) is 52.5 Å². The van der Waals surface area contributed by atoms with E-state index in [4.69, 9.17) is 0 Å². The van der Waals surface area contributed by atoms with Crippen molar-refractivity contribution in [2.75, 3.05) is 19.4 Å². The number of rotatable bonds is 7. The number of amides is 1. The van der Waals surface area contributed by atoms with Crippen LogP contribution in [0.3, 0.4) is 0 Å². The fourth-order valence-electron chi connectivity index (χ4n) is 2.71. The second kappa shape index (κ2) is 7.71. The van der Waals surface area contributed by atoms with Crippen molar-refractivity contribution in [1.82, 2.24) is 24.1 Å². The average Bonchev–Trinajstić information content (AvgIpc) is 3.25. The Bertz CT molecular complexity index is 1060. The minimum absolute atomic E-state index is 0.169. The zero-order valence-electron chi connectivity index (χ0n) is 15.2. The summed E-state index contributed by atoms with van der Waals surface area (Å²) >= 11 is 1.25. The maximum Gasteiger partial charge on any atom is 0.242 e. The molecule has 0 spiro atoms. The lowest BCUT2D eigenvalue weighted by Crippen LogP contribution is -2.22. The molecule has 0 saturated heterocycles. The van der Waals surface area contributed by atoms with Gasteiger partial charge in [-0.25, -0.2) is 17.7 Å². The van der Waals surface area contributed by atoms with Crippen LogP contribution in [0.25, 0.3) is 11.0 Å². The number of nitrogens with one attached hydrogen (secondary N) is 1. The van der Waals surface area contributed by atoms with E-state index in [-0.39, 0.29) is 17.2 Å². The normalized spacial score (nSPS) is 12.0. The van der Waals surface area contributed by atoms with Gasteiger partial charge in [0.25, 0.3) is 0 Å². The van der Waals surface area contributed by atoms with Crippen molar-refractivity contribution in [2.24, 2.45) is 0 Å². The van der Waals surface area contributed by atoms with Gasteiger partial charge < -0.3 is 9.88 Å². The summed E-state index contributed by atoms with van der Waals surface area (Å²) in [5, 5.41) is 10.6. The molecule has 0 radical (unpaired) electrons. The highest BCUT2D eigenvalue weighted by atomic mass is 32.2. The standard InChI is InChI=1S/C16H20N6O3S2/c1-4-22-13-6-5-11(27(24,25)21(2)3)9-12(13)18-14(22)7-8-15(23)19-16-20-17-10-26-16/h5-6,9-10H,4,7-8H2,1-3H3,(H,19,20,23). The first kappa shape index (κ1) is 19.4. The van der Waals surface area contributed by atoms with E-state index in [1.54, 1.807) is 23.7 Å². The van der Waals surface area contributed by atoms with Crippen molar-refractivity contribution in [2.45, 2.75) is 31.2 Å². The molecule has 0 atom stereocenters. The third-order valence-electron chi connectivity index (χ3n) is 4.08. The number of sulfonamides is 1. The molecular formula is C16H20N6O3S2. The highest BCUT2D eigenvalue weighted by molar-refractivity contribution is 7.89. The molecule has 2 aromatic heterocycles. The summed E-state index contributed by atoms with van der Waals surface area (Å²) in [5.41, 5.74) is 2.99. The van der Waals surface area contributed by atoms with Crippen LogP contribution in [0, 0.1) is 0 Å². The second-order valence-corrected chi connectivity index (χ2v) is 8.99. The SMILES string of the molecule is CCn1c(CCC(=O)Nc2nncs2)nc2cc(S(=O)(=O)N(C)C)ccc21. The zero-order chi connectivity index (χ0) is 19.6. The lowest BCUT2D eigenvalue weighted by atomic mass is 10.3. The Labute approximate surface area is 161 Å². The summed E-state index contributed by atoms with van der Waals surface area (Å²) in [6.07, 6.45) is 0.675. The highest BCUT2D eigenvalue weighted by Gasteiger charge is 2.19. The molecule has 0 fully saturated rings. The van der Waals surface area contributed by atoms with Gasteiger partial charge in [-0.2, -0.15) is 0 Å². The number of aryl methyl sites for hydroxylation is 2. The Hall–Kier alpha value is -2.37. The number of imidazole rings is 1. The van der Waals surface area contributed by atoms with Gasteiger partial charge in [0.15, 0.2) is 0 Å². The highest BCUT2D eigenvalue weighted by Crippen LogP contribution is 2.23. The van der Waals surface area contributed by atoms with Crippen LogP contribution in [0.4, 0.5) is 5.13 Å². The number of hydrogen-bond acceptors (Lipinski definition) is 7. The van der Waals surface area contributed by atoms with E-state index in [1.807, 2.05) is 11.5 Å². The molecule has 0 aliphatic heterocycles. The number of carbonyl (C=O) groups excluding carboxylic acids is 1. The Morgan fingerprint density at radius 3 is 2.74 bits per heavy atom. The minimum Gasteiger partial charge on any atom is -0.328 e. The van der Waals surface area contributed by atoms with Gasteiger partial charge >= 0.3 is 0 Å². The van der Waals surface area contributed by atoms with Crippen LogP contribution in [0.1, 0.15) is 19.2 Å². The van der Waals surface area contributed by atoms with E-state index >= 15 is 0 Å². The zero-order valence-corrected chi connectivity index (χ0v) is 16.8. The maximum atomic E-state index is 12.3. The largest absolute Gasteiger partial charge is 0.328 e. The molecule has 27 heavy (non-hydrogen) atoms. The van der Waals surface area contributed by atoms with Crippen LogP contribution >= 0.6 is 11.3 Å². The fraction of sp³-hybridized carbons (Fsp3) is 0.375. The van der Waals surface area contributed by atoms with Crippen molar-refractivity contribution in [1.29, 1.82) is 0 Å². The van der Waals surface area contributed by atoms with Crippen molar-refractivity contribution in [3.8, 4) is 0 Å². The smallest absolute Gasteiger partial charge is 0.242 e. The summed E-state index contributed by atoms with van der Waals surface area (Å²) in [6, 6.07) is 4.91. The molecule has 0 aliphatic rings. The third kappa shape index (κ3) is 3.99. The molecule has 11 heteroatoms. The number of anilines is 1. The van der Waals surface area contributed by atoms with Crippen molar-refractivity contribution < 1.29 is 13.2 Å². The summed E-state index contributed by atoms with van der Waals surface area (Å²) in [6.45, 7) is 2.65. The number of aromatic nitrogens is 4. The molecule has 1 amide bonds. The monoisotopic (exact) mass is 408 g/mol. The van der Waals surface area contributed by atoms with E-state index < -0.39 is 10.0 Å². The topological polar surface area (TPSA) is 110 Å². The van der Waals surface area contributed by atoms with Crippen molar-refractivity contribution in [3.63, 3.8) is 0 Å². The predicted molar refractivity (Wildman–Crippen MR) is 103 cm³/mol. The molecule has 144 valence electrons. The van der Waals surface area contributed by atoms with Crippen molar-refractivity contribution in [3.05, 3.63) is 29.5 Å². The summed E-state index contributed by atoms with van der Waals surface area (Å²) in [4.78, 5) is 16.8. The van der Waals surface area contributed by atoms with Gasteiger partial charge in [0.1, 0.15) is 11.3 Å². The van der Waals surface area contributed by atoms with Crippen LogP contribution in [0.5, 0.6) is 0 Å². The van der Waals surface area contributed by atoms with Gasteiger partial charge in [-0.3, -0.25) is 4.79 Å². The number of benzene rings is 1. The molecule has 1 N–H and O–H groups in total. The van der Waals surface area contributed by atoms with Gasteiger partial charge in [-0.15, -0.1) is 10.2 Å². The van der Waals surface area contributed by atoms with Crippen LogP contribution in [-0.2, 0) is 27.8 Å². The third-order valence-corrected chi connectivity index (χ3v) is 6.49. The van der Waals surface area contributed by atoms with Crippen LogP contribution in [0.15, 0.2) is 28.6 Å². The summed E-state index contributed by atoms with van der Waals surface area (Å²) < 4.78 is 27.8. The summed E-state index contributed by atoms with van der Waals surface area (Å²) in [7, 11) is -0.541. The van der Waals surface area contributed by atoms with Gasteiger partial charge in [0.2, 0.25) is 21.1 Å². The molecule has 3 rings (SSSR count). The fourth-order valence-corrected chi connectivity index (χ4v) is 4.09. The van der Waals surface area contributed by atoms with E-state index in [9.17, 15) is 13.2 Å². The number of fused-ring (bicyclic) bond motifs is 1. The molecule has 0 bridgehead atoms. The van der Waals surface area contributed by atoms with Gasteiger partial charge in [0.05, 0.1) is 15.9 Å². The molecule has 2 heterocycles. The first-order valence-electron chi connectivity index (χ1n) is 8.30. The molecule has 0 saturated carbocycles. The lowest BCUT2D eigenvalue weighted by Gasteiger charge is -2.11. The van der Waals surface area contributed by atoms with Crippen molar-refractivity contribution >= 4 is 43.4 Å². The Kier molecular flexibility index (Phi) is 5.53. The number of carbonyl (C=O) groups is 1. The van der Waals surface area contributed by atoms with E-state index in [1.165, 1.54) is 29.7 Å². The molecular weight excluding hydrogens is 388 g/mol. The molecule has 0 unspecified atom stereocenters. The van der Waals surface area contributed by atoms with Gasteiger partial charge in [0, 0.05) is 33.5 Å². The Morgan fingerprint density at radius 2 is 2.11 bits per heavy atom. The predicted octanol–water partition coefficient (Wildman–Crippen LogP) is 1.73. The first-order valence-corrected chi connectivity index (χ1v) is 10.6. The van der Waals surface area contributed by atoms with E-state index in [0.29, 0.717) is 23.6 Å². The van der Waals surface area contributed by atoms with E-state index in [2.05, 4.69) is 20.5 Å². The molecule has 3 aromatic rings. The number of hydrogen-bond donors (Lipinski definition) is 1. The lowest BCUT2D eigenvalue weighted by molar-refractivity contribution is -0.116. The first-order chi connectivity index (χ1) is 12.8. The Morgan fingerprint density at radius 1 is 1.33 bits per heavy atom.